The Morgan fingerprint density at radius 1 is 0.878 bits per heavy atom. The maximum Gasteiger partial charge on any atom is 0.462 e. The first-order valence-corrected chi connectivity index (χ1v) is 12.2. The highest BCUT2D eigenvalue weighted by molar-refractivity contribution is 5.72. The molecule has 1 amide bonds. The Labute approximate surface area is 230 Å². The molecule has 0 aliphatic rings. The van der Waals surface area contributed by atoms with Crippen LogP contribution in [-0.2, 0) is 32.0 Å². The lowest BCUT2D eigenvalue weighted by atomic mass is 10.1. The molecule has 2 aromatic carbocycles. The van der Waals surface area contributed by atoms with Gasteiger partial charge in [-0.25, -0.2) is 9.59 Å². The number of carbonyl (C=O) groups is 2. The molecular formula is C26H28F7NO7. The fourth-order valence-corrected chi connectivity index (χ4v) is 3.27. The lowest BCUT2D eigenvalue weighted by Crippen LogP contribution is -2.54. The number of rotatable bonds is 16. The van der Waals surface area contributed by atoms with Gasteiger partial charge in [-0.1, -0.05) is 42.5 Å². The summed E-state index contributed by atoms with van der Waals surface area (Å²) in [5, 5.41) is 9.19. The van der Waals surface area contributed by atoms with Crippen LogP contribution in [0.2, 0.25) is 0 Å². The molecule has 2 rings (SSSR count). The van der Waals surface area contributed by atoms with Crippen molar-refractivity contribution in [2.24, 2.45) is 0 Å². The molecule has 0 spiro atoms. The smallest absolute Gasteiger partial charge is 0.462 e. The van der Waals surface area contributed by atoms with Crippen LogP contribution >= 0.6 is 0 Å². The SMILES string of the molecule is CCOC(Cc1ccc(OCCN(CCOC(F)(F)C(F)(F)C(F)(F)F)C(=O)OCc2ccccc2)cc1)C(=O)O. The predicted molar refractivity (Wildman–Crippen MR) is 129 cm³/mol. The molecule has 41 heavy (non-hydrogen) atoms. The first-order chi connectivity index (χ1) is 19.2. The number of aliphatic carboxylic acids is 1. The second-order valence-electron chi connectivity index (χ2n) is 8.44. The Balaban J connectivity index is 2.00. The minimum atomic E-state index is -6.56. The zero-order chi connectivity index (χ0) is 30.7. The van der Waals surface area contributed by atoms with Gasteiger partial charge in [0.1, 0.15) is 19.0 Å². The highest BCUT2D eigenvalue weighted by atomic mass is 19.4. The summed E-state index contributed by atoms with van der Waals surface area (Å²) in [6.45, 7) is -1.18. The van der Waals surface area contributed by atoms with Crippen LogP contribution in [0.15, 0.2) is 54.6 Å². The number of amides is 1. The Morgan fingerprint density at radius 2 is 1.49 bits per heavy atom. The van der Waals surface area contributed by atoms with Gasteiger partial charge in [0.05, 0.1) is 13.2 Å². The molecule has 1 atom stereocenters. The van der Waals surface area contributed by atoms with Gasteiger partial charge < -0.3 is 29.0 Å². The van der Waals surface area contributed by atoms with Crippen molar-refractivity contribution in [1.82, 2.24) is 4.90 Å². The van der Waals surface area contributed by atoms with Crippen LogP contribution in [0.4, 0.5) is 35.5 Å². The van der Waals surface area contributed by atoms with Crippen LogP contribution in [0.5, 0.6) is 5.75 Å². The fourth-order valence-electron chi connectivity index (χ4n) is 3.27. The van der Waals surface area contributed by atoms with Gasteiger partial charge in [0.25, 0.3) is 0 Å². The van der Waals surface area contributed by atoms with Crippen LogP contribution in [0.3, 0.4) is 0 Å². The Morgan fingerprint density at radius 3 is 2.05 bits per heavy atom. The number of ether oxygens (including phenoxy) is 4. The van der Waals surface area contributed by atoms with Gasteiger partial charge in [0.15, 0.2) is 6.10 Å². The summed E-state index contributed by atoms with van der Waals surface area (Å²) in [4.78, 5) is 24.5. The number of alkyl halides is 7. The van der Waals surface area contributed by atoms with Gasteiger partial charge in [-0.05, 0) is 30.2 Å². The summed E-state index contributed by atoms with van der Waals surface area (Å²) in [7, 11) is 0. The monoisotopic (exact) mass is 599 g/mol. The van der Waals surface area contributed by atoms with E-state index in [1.807, 2.05) is 0 Å². The molecule has 1 N–H and O–H groups in total. The van der Waals surface area contributed by atoms with Gasteiger partial charge in [-0.3, -0.25) is 0 Å². The van der Waals surface area contributed by atoms with E-state index in [1.54, 1.807) is 49.4 Å². The predicted octanol–water partition coefficient (Wildman–Crippen LogP) is 5.54. The summed E-state index contributed by atoms with van der Waals surface area (Å²) < 4.78 is 110. The van der Waals surface area contributed by atoms with E-state index in [4.69, 9.17) is 14.2 Å². The van der Waals surface area contributed by atoms with Gasteiger partial charge in [-0.15, -0.1) is 0 Å². The lowest BCUT2D eigenvalue weighted by molar-refractivity contribution is -0.423. The zero-order valence-electron chi connectivity index (χ0n) is 21.7. The molecule has 0 saturated heterocycles. The van der Waals surface area contributed by atoms with Gasteiger partial charge >= 0.3 is 30.3 Å². The van der Waals surface area contributed by atoms with Gasteiger partial charge in [0, 0.05) is 19.6 Å². The molecule has 0 radical (unpaired) electrons. The maximum atomic E-state index is 13.5. The number of carboxylic acid groups (broad SMARTS) is 1. The van der Waals surface area contributed by atoms with Crippen molar-refractivity contribution in [3.05, 3.63) is 65.7 Å². The van der Waals surface area contributed by atoms with Gasteiger partial charge in [0.2, 0.25) is 0 Å². The highest BCUT2D eigenvalue weighted by Gasteiger charge is 2.74. The average Bonchev–Trinajstić information content (AvgIpc) is 2.91. The van der Waals surface area contributed by atoms with Crippen molar-refractivity contribution in [2.45, 2.75) is 44.3 Å². The summed E-state index contributed by atoms with van der Waals surface area (Å²) in [6, 6.07) is 14.4. The standard InChI is InChI=1S/C26H28F7NO7/c1-2-38-21(22(35)36)16-18-8-10-20(11-9-18)39-14-12-34(23(37)40-17-19-6-4-3-5-7-19)13-15-41-26(32,33)24(27,28)25(29,30)31/h3-11,21H,2,12-17H2,1H3,(H,35,36). The topological polar surface area (TPSA) is 94.5 Å². The normalized spacial score (nSPS) is 13.0. The van der Waals surface area contributed by atoms with E-state index in [9.17, 15) is 45.4 Å². The Kier molecular flexibility index (Phi) is 12.2. The van der Waals surface area contributed by atoms with Crippen LogP contribution in [-0.4, -0.2) is 79.3 Å². The molecule has 0 aliphatic heterocycles. The molecule has 1 unspecified atom stereocenters. The lowest BCUT2D eigenvalue weighted by Gasteiger charge is -2.28. The second kappa shape index (κ2) is 14.9. The summed E-state index contributed by atoms with van der Waals surface area (Å²) in [5.74, 6) is -7.31. The van der Waals surface area contributed by atoms with Crippen molar-refractivity contribution in [3.8, 4) is 5.75 Å². The summed E-state index contributed by atoms with van der Waals surface area (Å²) in [6.07, 6.45) is -14.5. The zero-order valence-corrected chi connectivity index (χ0v) is 21.7. The first kappa shape index (κ1) is 33.6. The van der Waals surface area contributed by atoms with E-state index < -0.39 is 49.5 Å². The molecular weight excluding hydrogens is 571 g/mol. The molecule has 0 bridgehead atoms. The van der Waals surface area contributed by atoms with Crippen LogP contribution < -0.4 is 4.74 Å². The van der Waals surface area contributed by atoms with Crippen LogP contribution in [0.1, 0.15) is 18.1 Å². The van der Waals surface area contributed by atoms with E-state index in [0.29, 0.717) is 11.1 Å². The number of carboxylic acids is 1. The average molecular weight is 599 g/mol. The molecule has 2 aromatic rings. The highest BCUT2D eigenvalue weighted by Crippen LogP contribution is 2.46. The van der Waals surface area contributed by atoms with Crippen LogP contribution in [0.25, 0.3) is 0 Å². The molecule has 8 nitrogen and oxygen atoms in total. The quantitative estimate of drug-likeness (QED) is 0.253. The summed E-state index contributed by atoms with van der Waals surface area (Å²) >= 11 is 0. The largest absolute Gasteiger partial charge is 0.492 e. The summed E-state index contributed by atoms with van der Waals surface area (Å²) in [5.41, 5.74) is 1.19. The van der Waals surface area contributed by atoms with Crippen molar-refractivity contribution in [1.29, 1.82) is 0 Å². The first-order valence-electron chi connectivity index (χ1n) is 12.2. The number of benzene rings is 2. The van der Waals surface area contributed by atoms with Crippen molar-refractivity contribution >= 4 is 12.1 Å². The fraction of sp³-hybridized carbons (Fsp3) is 0.462. The number of carbonyl (C=O) groups excluding carboxylic acids is 1. The Bertz CT molecular complexity index is 1100. The van der Waals surface area contributed by atoms with Gasteiger partial charge in [-0.2, -0.15) is 30.7 Å². The number of halogens is 7. The molecule has 0 aromatic heterocycles. The molecule has 15 heteroatoms. The Hall–Kier alpha value is -3.59. The number of hydrogen-bond acceptors (Lipinski definition) is 6. The van der Waals surface area contributed by atoms with E-state index in [0.717, 1.165) is 4.90 Å². The van der Waals surface area contributed by atoms with E-state index in [-0.39, 0.29) is 38.5 Å². The van der Waals surface area contributed by atoms with Crippen molar-refractivity contribution in [3.63, 3.8) is 0 Å². The molecule has 0 aliphatic carbocycles. The van der Waals surface area contributed by atoms with Crippen LogP contribution in [0, 0.1) is 0 Å². The maximum absolute atomic E-state index is 13.5. The van der Waals surface area contributed by atoms with Crippen molar-refractivity contribution in [2.75, 3.05) is 32.9 Å². The molecule has 228 valence electrons. The second-order valence-corrected chi connectivity index (χ2v) is 8.44. The third-order valence-corrected chi connectivity index (χ3v) is 5.45. The van der Waals surface area contributed by atoms with E-state index >= 15 is 0 Å². The molecule has 0 fully saturated rings. The third-order valence-electron chi connectivity index (χ3n) is 5.45. The van der Waals surface area contributed by atoms with E-state index in [1.165, 1.54) is 12.1 Å². The minimum Gasteiger partial charge on any atom is -0.492 e. The molecule has 0 heterocycles. The number of nitrogens with zero attached hydrogens (tertiary/aromatic N) is 1. The van der Waals surface area contributed by atoms with E-state index in [2.05, 4.69) is 4.74 Å². The molecule has 0 saturated carbocycles. The van der Waals surface area contributed by atoms with Crippen molar-refractivity contribution < 1.29 is 64.4 Å². The third kappa shape index (κ3) is 10.1. The number of hydrogen-bond donors (Lipinski definition) is 1. The minimum absolute atomic E-state index is 0.0858.